The first-order valence-electron chi connectivity index (χ1n) is 11.7. The number of unbranched alkanes of at least 4 members (excludes halogenated alkanes) is 1. The van der Waals surface area contributed by atoms with E-state index >= 15 is 0 Å². The Morgan fingerprint density at radius 1 is 0.816 bits per heavy atom. The normalized spacial score (nSPS) is 12.0. The van der Waals surface area contributed by atoms with Gasteiger partial charge in [0.05, 0.1) is 5.56 Å². The molecule has 0 amide bonds. The molecule has 202 valence electrons. The van der Waals surface area contributed by atoms with E-state index in [1.165, 1.54) is 48.6 Å². The van der Waals surface area contributed by atoms with Crippen molar-refractivity contribution in [3.8, 4) is 5.75 Å². The van der Waals surface area contributed by atoms with Crippen LogP contribution in [0.5, 0.6) is 5.75 Å². The van der Waals surface area contributed by atoms with Crippen LogP contribution < -0.4 is 16.2 Å². The molecule has 0 aromatic heterocycles. The molecule has 3 aromatic rings. The van der Waals surface area contributed by atoms with Crippen LogP contribution in [-0.4, -0.2) is 12.1 Å². The van der Waals surface area contributed by atoms with E-state index in [9.17, 15) is 26.7 Å². The number of rotatable bonds is 11. The van der Waals surface area contributed by atoms with Gasteiger partial charge in [-0.1, -0.05) is 24.3 Å². The van der Waals surface area contributed by atoms with Gasteiger partial charge in [0.25, 0.3) is 0 Å². The van der Waals surface area contributed by atoms with Crippen molar-refractivity contribution in [3.63, 3.8) is 0 Å². The van der Waals surface area contributed by atoms with E-state index in [0.29, 0.717) is 35.3 Å². The maximum atomic E-state index is 14.6. The van der Waals surface area contributed by atoms with Gasteiger partial charge in [0.1, 0.15) is 12.4 Å². The van der Waals surface area contributed by atoms with Crippen LogP contribution in [0.4, 0.5) is 33.3 Å². The molecule has 10 heteroatoms. The monoisotopic (exact) mass is 534 g/mol. The summed E-state index contributed by atoms with van der Waals surface area (Å²) in [6.07, 6.45) is -5.32. The minimum Gasteiger partial charge on any atom is -0.458 e. The number of nitrogen functional groups attached to an aromatic ring is 2. The number of anilines is 2. The number of hydrogen-bond acceptors (Lipinski definition) is 5. The molecule has 0 atom stereocenters. The Labute approximate surface area is 216 Å². The fourth-order valence-corrected chi connectivity index (χ4v) is 3.57. The van der Waals surface area contributed by atoms with Crippen molar-refractivity contribution < 1.29 is 36.2 Å². The molecule has 3 aromatic carbocycles. The summed E-state index contributed by atoms with van der Waals surface area (Å²) < 4.78 is 75.9. The highest BCUT2D eigenvalue weighted by atomic mass is 19.4. The number of benzene rings is 3. The molecule has 0 fully saturated rings. The molecular weight excluding hydrogens is 507 g/mol. The Morgan fingerprint density at radius 2 is 1.45 bits per heavy atom. The van der Waals surface area contributed by atoms with Crippen LogP contribution in [0.25, 0.3) is 6.08 Å². The molecule has 0 aliphatic heterocycles. The minimum atomic E-state index is -4.18. The lowest BCUT2D eigenvalue weighted by atomic mass is 10.1. The van der Waals surface area contributed by atoms with E-state index in [2.05, 4.69) is 0 Å². The van der Waals surface area contributed by atoms with Crippen molar-refractivity contribution in [1.29, 1.82) is 0 Å². The third-order valence-corrected chi connectivity index (χ3v) is 5.42. The number of halogens is 5. The summed E-state index contributed by atoms with van der Waals surface area (Å²) in [6.45, 7) is -0.0278. The third-order valence-electron chi connectivity index (χ3n) is 5.42. The fraction of sp³-hybridized carbons (Fsp3) is 0.250. The van der Waals surface area contributed by atoms with Crippen LogP contribution in [0.3, 0.4) is 0 Å². The number of ether oxygens (including phenoxy) is 2. The van der Waals surface area contributed by atoms with Gasteiger partial charge < -0.3 is 20.9 Å². The highest BCUT2D eigenvalue weighted by Crippen LogP contribution is 2.32. The summed E-state index contributed by atoms with van der Waals surface area (Å²) in [4.78, 5) is 12.0. The molecule has 3 rings (SSSR count). The largest absolute Gasteiger partial charge is 0.458 e. The van der Waals surface area contributed by atoms with Gasteiger partial charge >= 0.3 is 18.3 Å². The lowest BCUT2D eigenvalue weighted by Crippen LogP contribution is -2.21. The summed E-state index contributed by atoms with van der Waals surface area (Å²) in [6, 6.07) is 15.8. The highest BCUT2D eigenvalue weighted by molar-refractivity contribution is 5.87. The molecule has 0 radical (unpaired) electrons. The van der Waals surface area contributed by atoms with Crippen molar-refractivity contribution in [2.24, 2.45) is 0 Å². The topological polar surface area (TPSA) is 87.6 Å². The molecular formula is C28H27F5N2O3. The van der Waals surface area contributed by atoms with Crippen LogP contribution in [0, 0.1) is 0 Å². The lowest BCUT2D eigenvalue weighted by Gasteiger charge is -2.18. The van der Waals surface area contributed by atoms with Crippen LogP contribution in [0.15, 0.2) is 72.8 Å². The molecule has 4 N–H and O–H groups in total. The van der Waals surface area contributed by atoms with E-state index in [4.69, 9.17) is 20.9 Å². The first-order chi connectivity index (χ1) is 17.9. The second kappa shape index (κ2) is 12.4. The van der Waals surface area contributed by atoms with E-state index in [1.807, 2.05) is 0 Å². The van der Waals surface area contributed by atoms with Crippen molar-refractivity contribution in [2.45, 2.75) is 44.6 Å². The summed E-state index contributed by atoms with van der Waals surface area (Å²) >= 11 is 0. The smallest absolute Gasteiger partial charge is 0.426 e. The van der Waals surface area contributed by atoms with Crippen molar-refractivity contribution >= 4 is 23.4 Å². The highest BCUT2D eigenvalue weighted by Gasteiger charge is 2.34. The minimum absolute atomic E-state index is 0.00495. The zero-order valence-electron chi connectivity index (χ0n) is 20.3. The SMILES string of the molecule is Nc1cc(N)cc(COC(=O)/C=C/c2ccc(C(F)(F)Oc3ccc(CCCCC(F)(F)F)cc3)cc2)c1. The second-order valence-corrected chi connectivity index (χ2v) is 8.66. The molecule has 0 bridgehead atoms. The lowest BCUT2D eigenvalue weighted by molar-refractivity contribution is -0.185. The van der Waals surface area contributed by atoms with Gasteiger partial charge in [-0.05, 0) is 84.5 Å². The van der Waals surface area contributed by atoms with Gasteiger partial charge in [0, 0.05) is 23.9 Å². The molecule has 38 heavy (non-hydrogen) atoms. The average Bonchev–Trinajstić information content (AvgIpc) is 2.84. The maximum absolute atomic E-state index is 14.6. The van der Waals surface area contributed by atoms with E-state index in [0.717, 1.165) is 5.56 Å². The molecule has 0 heterocycles. The Bertz CT molecular complexity index is 1220. The Morgan fingerprint density at radius 3 is 2.05 bits per heavy atom. The molecule has 0 unspecified atom stereocenters. The van der Waals surface area contributed by atoms with E-state index in [1.54, 1.807) is 30.3 Å². The molecule has 0 aliphatic carbocycles. The predicted molar refractivity (Wildman–Crippen MR) is 135 cm³/mol. The zero-order valence-corrected chi connectivity index (χ0v) is 20.3. The van der Waals surface area contributed by atoms with E-state index < -0.39 is 30.2 Å². The Hall–Kier alpha value is -4.08. The van der Waals surface area contributed by atoms with Gasteiger partial charge in [0.15, 0.2) is 0 Å². The van der Waals surface area contributed by atoms with Crippen LogP contribution >= 0.6 is 0 Å². The van der Waals surface area contributed by atoms with Gasteiger partial charge in [-0.15, -0.1) is 0 Å². The van der Waals surface area contributed by atoms with Crippen LogP contribution in [0.2, 0.25) is 0 Å². The van der Waals surface area contributed by atoms with Crippen molar-refractivity contribution in [1.82, 2.24) is 0 Å². The van der Waals surface area contributed by atoms with Gasteiger partial charge in [-0.3, -0.25) is 0 Å². The van der Waals surface area contributed by atoms with Gasteiger partial charge in [-0.2, -0.15) is 22.0 Å². The van der Waals surface area contributed by atoms with Gasteiger partial charge in [0.2, 0.25) is 0 Å². The molecule has 0 spiro atoms. The number of nitrogens with two attached hydrogens (primary N) is 2. The third kappa shape index (κ3) is 9.42. The Balaban J connectivity index is 1.50. The summed E-state index contributed by atoms with van der Waals surface area (Å²) in [5, 5.41) is 0. The van der Waals surface area contributed by atoms with E-state index in [-0.39, 0.29) is 18.8 Å². The second-order valence-electron chi connectivity index (χ2n) is 8.66. The molecule has 0 saturated carbocycles. The molecule has 0 saturated heterocycles. The first kappa shape index (κ1) is 28.5. The summed E-state index contributed by atoms with van der Waals surface area (Å²) in [5.41, 5.74) is 13.7. The molecule has 5 nitrogen and oxygen atoms in total. The predicted octanol–water partition coefficient (Wildman–Crippen LogP) is 7.01. The zero-order chi connectivity index (χ0) is 27.8. The van der Waals surface area contributed by atoms with Crippen molar-refractivity contribution in [3.05, 3.63) is 95.1 Å². The Kier molecular flexibility index (Phi) is 9.33. The number of aryl methyl sites for hydroxylation is 1. The van der Waals surface area contributed by atoms with Crippen LogP contribution in [-0.2, 0) is 28.7 Å². The standard InChI is InChI=1S/C28H27F5N2O3/c29-27(30,31)14-2-1-3-19-6-11-25(12-7-19)38-28(32,33)22-9-4-20(5-10-22)8-13-26(36)37-18-21-15-23(34)17-24(35)16-21/h4-13,15-17H,1-3,14,18,34-35H2/b13-8+. The number of carbonyl (C=O) groups is 1. The van der Waals surface area contributed by atoms with Crippen molar-refractivity contribution in [2.75, 3.05) is 11.5 Å². The number of carbonyl (C=O) groups excluding carboxylic acids is 1. The first-order valence-corrected chi connectivity index (χ1v) is 11.7. The summed E-state index contributed by atoms with van der Waals surface area (Å²) in [5.74, 6) is -0.713. The number of alkyl halides is 5. The quantitative estimate of drug-likeness (QED) is 0.0908. The number of esters is 1. The summed E-state index contributed by atoms with van der Waals surface area (Å²) in [7, 11) is 0. The maximum Gasteiger partial charge on any atom is 0.426 e. The molecule has 0 aliphatic rings. The number of hydrogen-bond donors (Lipinski definition) is 2. The van der Waals surface area contributed by atoms with Gasteiger partial charge in [-0.25, -0.2) is 4.79 Å². The fourth-order valence-electron chi connectivity index (χ4n) is 3.57. The average molecular weight is 535 g/mol. The van der Waals surface area contributed by atoms with Crippen LogP contribution in [0.1, 0.15) is 41.5 Å².